The number of thiazole rings is 1. The number of amides is 2. The Labute approximate surface area is 190 Å². The van der Waals surface area contributed by atoms with Crippen LogP contribution >= 0.6 is 11.3 Å². The van der Waals surface area contributed by atoms with Crippen molar-refractivity contribution in [3.63, 3.8) is 0 Å². The van der Waals surface area contributed by atoms with Crippen molar-refractivity contribution in [2.24, 2.45) is 0 Å². The van der Waals surface area contributed by atoms with E-state index < -0.39 is 0 Å². The van der Waals surface area contributed by atoms with Crippen LogP contribution in [0.1, 0.15) is 20.8 Å². The fraction of sp³-hybridized carbons (Fsp3) is 0.333. The molecule has 2 amide bonds. The Hall–Kier alpha value is -3.44. The average Bonchev–Trinajstić information content (AvgIpc) is 3.38. The predicted octanol–water partition coefficient (Wildman–Crippen LogP) is 2.34. The molecule has 2 heterocycles. The van der Waals surface area contributed by atoms with Gasteiger partial charge in [0.2, 0.25) is 5.91 Å². The fourth-order valence-electron chi connectivity index (χ4n) is 2.89. The number of phenols is 1. The minimum Gasteiger partial charge on any atom is -0.508 e. The first kappa shape index (κ1) is 23.2. The van der Waals surface area contributed by atoms with Crippen LogP contribution in [0.3, 0.4) is 0 Å². The number of carbonyl (C=O) groups excluding carboxylic acids is 2. The minimum atomic E-state index is -0.313. The molecule has 0 saturated carbocycles. The number of anilines is 3. The summed E-state index contributed by atoms with van der Waals surface area (Å²) in [5, 5.41) is 23.4. The Morgan fingerprint density at radius 2 is 2.00 bits per heavy atom. The highest BCUT2D eigenvalue weighted by Crippen LogP contribution is 2.29. The van der Waals surface area contributed by atoms with Crippen LogP contribution in [0.25, 0.3) is 0 Å². The van der Waals surface area contributed by atoms with Crippen molar-refractivity contribution in [3.8, 4) is 5.75 Å². The molecule has 10 nitrogen and oxygen atoms in total. The molecule has 0 aliphatic rings. The third-order valence-corrected chi connectivity index (χ3v) is 5.59. The Bertz CT molecular complexity index is 1110. The number of rotatable bonds is 9. The van der Waals surface area contributed by atoms with Gasteiger partial charge in [-0.05, 0) is 39.6 Å². The Kier molecular flexibility index (Phi) is 7.44. The smallest absolute Gasteiger partial charge is 0.267 e. The molecule has 0 fully saturated rings. The quantitative estimate of drug-likeness (QED) is 0.389. The Balaban J connectivity index is 1.57. The lowest BCUT2D eigenvalue weighted by Gasteiger charge is -2.11. The van der Waals surface area contributed by atoms with Gasteiger partial charge in [0.05, 0.1) is 11.9 Å². The zero-order valence-electron chi connectivity index (χ0n) is 18.5. The summed E-state index contributed by atoms with van der Waals surface area (Å²) in [7, 11) is 3.89. The second kappa shape index (κ2) is 10.2. The summed E-state index contributed by atoms with van der Waals surface area (Å²) in [6.07, 6.45) is 3.17. The van der Waals surface area contributed by atoms with Crippen molar-refractivity contribution >= 4 is 39.8 Å². The van der Waals surface area contributed by atoms with Gasteiger partial charge in [-0.25, -0.2) is 4.98 Å². The number of carbonyl (C=O) groups is 2. The molecule has 32 heavy (non-hydrogen) atoms. The first-order valence-corrected chi connectivity index (χ1v) is 10.8. The highest BCUT2D eigenvalue weighted by molar-refractivity contribution is 7.17. The number of aromatic nitrogens is 3. The molecule has 0 bridgehead atoms. The van der Waals surface area contributed by atoms with E-state index in [2.05, 4.69) is 26.0 Å². The van der Waals surface area contributed by atoms with Gasteiger partial charge >= 0.3 is 0 Å². The number of phenolic OH excluding ortho intramolecular Hbond substituents is 1. The number of aromatic hydroxyl groups is 1. The van der Waals surface area contributed by atoms with E-state index in [1.807, 2.05) is 25.9 Å². The van der Waals surface area contributed by atoms with Crippen molar-refractivity contribution in [2.75, 3.05) is 37.8 Å². The highest BCUT2D eigenvalue weighted by atomic mass is 32.1. The maximum atomic E-state index is 12.6. The van der Waals surface area contributed by atoms with E-state index in [4.69, 9.17) is 0 Å². The summed E-state index contributed by atoms with van der Waals surface area (Å²) in [6, 6.07) is 5.08. The number of aryl methyl sites for hydroxylation is 1. The van der Waals surface area contributed by atoms with E-state index in [0.717, 1.165) is 12.1 Å². The molecule has 0 radical (unpaired) electrons. The summed E-state index contributed by atoms with van der Waals surface area (Å²) in [6.45, 7) is 5.06. The predicted molar refractivity (Wildman–Crippen MR) is 125 cm³/mol. The molecule has 11 heteroatoms. The van der Waals surface area contributed by atoms with Gasteiger partial charge in [0, 0.05) is 30.9 Å². The summed E-state index contributed by atoms with van der Waals surface area (Å²) >= 11 is 1.18. The van der Waals surface area contributed by atoms with E-state index in [-0.39, 0.29) is 24.1 Å². The molecule has 0 aliphatic carbocycles. The second-order valence-corrected chi connectivity index (χ2v) is 8.59. The van der Waals surface area contributed by atoms with Crippen LogP contribution in [-0.2, 0) is 11.3 Å². The van der Waals surface area contributed by atoms with Crippen molar-refractivity contribution in [1.82, 2.24) is 25.0 Å². The molecule has 0 aliphatic heterocycles. The van der Waals surface area contributed by atoms with Crippen molar-refractivity contribution in [2.45, 2.75) is 20.4 Å². The monoisotopic (exact) mass is 457 g/mol. The van der Waals surface area contributed by atoms with E-state index >= 15 is 0 Å². The zero-order chi connectivity index (χ0) is 23.3. The standard InChI is InChI=1S/C21H27N7O3S/c1-13-5-6-15(29)14(2)19(13)25-20(31)16-11-23-21(32-16)24-17-7-9-28(26-17)12-18(30)22-8-10-27(3)4/h5-7,9,11,29H,8,10,12H2,1-4H3,(H,22,30)(H,25,31)(H,23,24,26). The second-order valence-electron chi connectivity index (χ2n) is 7.56. The summed E-state index contributed by atoms with van der Waals surface area (Å²) in [4.78, 5) is 31.2. The lowest BCUT2D eigenvalue weighted by molar-refractivity contribution is -0.121. The minimum absolute atomic E-state index is 0.114. The summed E-state index contributed by atoms with van der Waals surface area (Å²) < 4.78 is 1.53. The van der Waals surface area contributed by atoms with Gasteiger partial charge in [0.25, 0.3) is 5.91 Å². The summed E-state index contributed by atoms with van der Waals surface area (Å²) in [5.41, 5.74) is 2.05. The van der Waals surface area contributed by atoms with Gasteiger partial charge in [-0.3, -0.25) is 14.3 Å². The molecule has 1 aromatic carbocycles. The molecule has 2 aromatic heterocycles. The number of hydrogen-bond donors (Lipinski definition) is 4. The van der Waals surface area contributed by atoms with Gasteiger partial charge in [-0.2, -0.15) is 5.10 Å². The maximum Gasteiger partial charge on any atom is 0.267 e. The first-order valence-electron chi connectivity index (χ1n) is 10.0. The molecule has 0 spiro atoms. The average molecular weight is 458 g/mol. The highest BCUT2D eigenvalue weighted by Gasteiger charge is 2.15. The molecule has 170 valence electrons. The van der Waals surface area contributed by atoms with Crippen molar-refractivity contribution < 1.29 is 14.7 Å². The third kappa shape index (κ3) is 6.05. The van der Waals surface area contributed by atoms with E-state index in [1.54, 1.807) is 31.3 Å². The molecule has 0 unspecified atom stereocenters. The van der Waals surface area contributed by atoms with Gasteiger partial charge < -0.3 is 26.0 Å². The summed E-state index contributed by atoms with van der Waals surface area (Å²) in [5.74, 6) is 0.214. The topological polar surface area (TPSA) is 124 Å². The number of benzene rings is 1. The number of likely N-dealkylation sites (N-methyl/N-ethyl adjacent to an activating group) is 1. The van der Waals surface area contributed by atoms with E-state index in [0.29, 0.717) is 33.6 Å². The van der Waals surface area contributed by atoms with Gasteiger partial charge in [0.1, 0.15) is 17.2 Å². The molecule has 3 aromatic rings. The molecule has 3 rings (SSSR count). The fourth-order valence-corrected chi connectivity index (χ4v) is 3.61. The van der Waals surface area contributed by atoms with Gasteiger partial charge in [-0.1, -0.05) is 17.4 Å². The lowest BCUT2D eigenvalue weighted by atomic mass is 10.1. The van der Waals surface area contributed by atoms with Crippen LogP contribution in [0.5, 0.6) is 5.75 Å². The molecular weight excluding hydrogens is 430 g/mol. The first-order chi connectivity index (χ1) is 15.2. The normalized spacial score (nSPS) is 10.9. The molecule has 0 saturated heterocycles. The van der Waals surface area contributed by atoms with Crippen LogP contribution in [0.4, 0.5) is 16.6 Å². The largest absolute Gasteiger partial charge is 0.508 e. The Morgan fingerprint density at radius 3 is 2.75 bits per heavy atom. The van der Waals surface area contributed by atoms with Crippen LogP contribution in [0.2, 0.25) is 0 Å². The number of nitrogens with one attached hydrogen (secondary N) is 3. The van der Waals surface area contributed by atoms with Crippen LogP contribution in [-0.4, -0.2) is 63.8 Å². The zero-order valence-corrected chi connectivity index (χ0v) is 19.3. The molecule has 4 N–H and O–H groups in total. The van der Waals surface area contributed by atoms with Crippen LogP contribution < -0.4 is 16.0 Å². The number of hydrogen-bond acceptors (Lipinski definition) is 8. The van der Waals surface area contributed by atoms with Gasteiger partial charge in [0.15, 0.2) is 10.9 Å². The lowest BCUT2D eigenvalue weighted by Crippen LogP contribution is -2.33. The number of nitrogens with zero attached hydrogens (tertiary/aromatic N) is 4. The van der Waals surface area contributed by atoms with Crippen molar-refractivity contribution in [1.29, 1.82) is 0 Å². The van der Waals surface area contributed by atoms with Crippen LogP contribution in [0.15, 0.2) is 30.6 Å². The Morgan fingerprint density at radius 1 is 1.22 bits per heavy atom. The van der Waals surface area contributed by atoms with Crippen molar-refractivity contribution in [3.05, 3.63) is 46.6 Å². The molecule has 0 atom stereocenters. The SMILES string of the molecule is Cc1ccc(O)c(C)c1NC(=O)c1cnc(Nc2ccn(CC(=O)NCCN(C)C)n2)s1. The van der Waals surface area contributed by atoms with E-state index in [1.165, 1.54) is 22.2 Å². The van der Waals surface area contributed by atoms with Gasteiger partial charge in [-0.15, -0.1) is 0 Å². The molecular formula is C21H27N7O3S. The maximum absolute atomic E-state index is 12.6. The van der Waals surface area contributed by atoms with E-state index in [9.17, 15) is 14.7 Å². The van der Waals surface area contributed by atoms with Crippen LogP contribution in [0, 0.1) is 13.8 Å². The third-order valence-electron chi connectivity index (χ3n) is 4.68.